The summed E-state index contributed by atoms with van der Waals surface area (Å²) >= 11 is 0. The number of ether oxygens (including phenoxy) is 2. The van der Waals surface area contributed by atoms with Crippen molar-refractivity contribution in [2.75, 3.05) is 14.2 Å². The number of allylic oxidation sites excluding steroid dienone is 1. The molecule has 2 fully saturated rings. The first-order chi connectivity index (χ1) is 15.1. The number of carboxylic acids is 1. The molecule has 4 heteroatoms. The van der Waals surface area contributed by atoms with Crippen LogP contribution >= 0.6 is 0 Å². The molecule has 0 bridgehead atoms. The lowest BCUT2D eigenvalue weighted by Crippen LogP contribution is -2.49. The predicted octanol–water partition coefficient (Wildman–Crippen LogP) is 7.22. The van der Waals surface area contributed by atoms with E-state index >= 15 is 0 Å². The second-order valence-corrected chi connectivity index (χ2v) is 11.1. The number of benzene rings is 1. The van der Waals surface area contributed by atoms with Gasteiger partial charge in [-0.25, -0.2) is 0 Å². The van der Waals surface area contributed by atoms with Crippen LogP contribution < -0.4 is 9.47 Å². The van der Waals surface area contributed by atoms with Crippen molar-refractivity contribution in [3.8, 4) is 11.5 Å². The second kappa shape index (κ2) is 9.89. The molecule has 0 heterocycles. The fraction of sp³-hybridized carbons (Fsp3) is 0.679. The van der Waals surface area contributed by atoms with E-state index < -0.39 is 5.97 Å². The Kier molecular flexibility index (Phi) is 7.62. The molecule has 2 aliphatic rings. The molecule has 1 aromatic rings. The second-order valence-electron chi connectivity index (χ2n) is 11.1. The molecule has 0 spiro atoms. The van der Waals surface area contributed by atoms with Crippen molar-refractivity contribution in [3.05, 3.63) is 29.3 Å². The van der Waals surface area contributed by atoms with E-state index in [0.29, 0.717) is 17.3 Å². The maximum atomic E-state index is 11.2. The summed E-state index contributed by atoms with van der Waals surface area (Å²) in [5.41, 5.74) is 3.31. The number of aliphatic carboxylic acids is 1. The molecule has 178 valence electrons. The van der Waals surface area contributed by atoms with Crippen molar-refractivity contribution in [2.24, 2.45) is 28.6 Å². The molecule has 1 unspecified atom stereocenters. The first-order valence-electron chi connectivity index (χ1n) is 12.2. The van der Waals surface area contributed by atoms with E-state index in [-0.39, 0.29) is 17.8 Å². The number of carboxylic acid groups (broad SMARTS) is 1. The van der Waals surface area contributed by atoms with Crippen LogP contribution in [0.15, 0.2) is 23.8 Å². The van der Waals surface area contributed by atoms with Crippen LogP contribution in [0.2, 0.25) is 0 Å². The van der Waals surface area contributed by atoms with Gasteiger partial charge in [-0.3, -0.25) is 4.79 Å². The zero-order chi connectivity index (χ0) is 23.5. The Morgan fingerprint density at radius 3 is 2.56 bits per heavy atom. The van der Waals surface area contributed by atoms with Crippen LogP contribution in [0.3, 0.4) is 0 Å². The average Bonchev–Trinajstić information content (AvgIpc) is 2.71. The fourth-order valence-corrected chi connectivity index (χ4v) is 6.91. The van der Waals surface area contributed by atoms with Gasteiger partial charge in [0.05, 0.1) is 14.2 Å². The first-order valence-corrected chi connectivity index (χ1v) is 12.2. The molecule has 0 saturated heterocycles. The van der Waals surface area contributed by atoms with Crippen molar-refractivity contribution in [3.63, 3.8) is 0 Å². The normalized spacial score (nSPS) is 29.2. The molecular formula is C28H42O4. The third-order valence-corrected chi connectivity index (χ3v) is 8.47. The first kappa shape index (κ1) is 24.7. The van der Waals surface area contributed by atoms with Gasteiger partial charge in [0.25, 0.3) is 0 Å². The van der Waals surface area contributed by atoms with E-state index in [1.807, 2.05) is 6.07 Å². The lowest BCUT2D eigenvalue weighted by Gasteiger charge is -2.58. The number of carbonyl (C=O) groups is 1. The van der Waals surface area contributed by atoms with Gasteiger partial charge >= 0.3 is 5.97 Å². The molecule has 4 atom stereocenters. The number of hydrogen-bond donors (Lipinski definition) is 1. The van der Waals surface area contributed by atoms with Gasteiger partial charge in [0.2, 0.25) is 0 Å². The van der Waals surface area contributed by atoms with Gasteiger partial charge in [-0.15, -0.1) is 0 Å². The lowest BCUT2D eigenvalue weighted by atomic mass is 9.47. The summed E-state index contributed by atoms with van der Waals surface area (Å²) < 4.78 is 10.9. The third-order valence-electron chi connectivity index (χ3n) is 8.47. The Labute approximate surface area is 194 Å². The summed E-state index contributed by atoms with van der Waals surface area (Å²) in [7, 11) is 3.34. The Balaban J connectivity index is 1.94. The van der Waals surface area contributed by atoms with Gasteiger partial charge in [0.15, 0.2) is 11.5 Å². The van der Waals surface area contributed by atoms with Crippen LogP contribution in [0, 0.1) is 28.6 Å². The van der Waals surface area contributed by atoms with E-state index in [0.717, 1.165) is 36.3 Å². The van der Waals surface area contributed by atoms with E-state index in [4.69, 9.17) is 9.47 Å². The van der Waals surface area contributed by atoms with E-state index in [1.54, 1.807) is 14.2 Å². The standard InChI is InChI=1S/C28H42O4/c1-19(16-26(29)30)8-11-22-21(17-20-9-12-23(31-5)24(18-20)32-6)10-13-25-27(2,3)14-7-15-28(22,25)4/h9,12,17-19,22,25H,7-8,10-11,13-16H2,1-6H3,(H,29,30)/b21-17+/t19?,22-,25-,28+/m0/s1. The summed E-state index contributed by atoms with van der Waals surface area (Å²) in [5.74, 6) is 2.22. The topological polar surface area (TPSA) is 55.8 Å². The molecule has 0 aromatic heterocycles. The van der Waals surface area contributed by atoms with Crippen LogP contribution in [-0.4, -0.2) is 25.3 Å². The van der Waals surface area contributed by atoms with Gasteiger partial charge in [0.1, 0.15) is 0 Å². The highest BCUT2D eigenvalue weighted by Gasteiger charge is 2.52. The van der Waals surface area contributed by atoms with Gasteiger partial charge < -0.3 is 14.6 Å². The molecule has 2 saturated carbocycles. The molecule has 1 N–H and O–H groups in total. The Morgan fingerprint density at radius 1 is 1.19 bits per heavy atom. The molecule has 3 rings (SSSR count). The number of rotatable bonds is 8. The minimum absolute atomic E-state index is 0.204. The van der Waals surface area contributed by atoms with E-state index in [2.05, 4.69) is 45.9 Å². The monoisotopic (exact) mass is 442 g/mol. The molecule has 0 aliphatic heterocycles. The van der Waals surface area contributed by atoms with Crippen LogP contribution in [0.5, 0.6) is 11.5 Å². The smallest absolute Gasteiger partial charge is 0.303 e. The minimum Gasteiger partial charge on any atom is -0.493 e. The van der Waals surface area contributed by atoms with Crippen LogP contribution in [0.25, 0.3) is 6.08 Å². The van der Waals surface area contributed by atoms with E-state index in [1.165, 1.54) is 31.3 Å². The highest BCUT2D eigenvalue weighted by Crippen LogP contribution is 2.62. The number of fused-ring (bicyclic) bond motifs is 1. The lowest BCUT2D eigenvalue weighted by molar-refractivity contribution is -0.138. The van der Waals surface area contributed by atoms with Gasteiger partial charge in [0, 0.05) is 6.42 Å². The zero-order valence-corrected chi connectivity index (χ0v) is 20.9. The van der Waals surface area contributed by atoms with Crippen LogP contribution in [-0.2, 0) is 4.79 Å². The summed E-state index contributed by atoms with van der Waals surface area (Å²) in [6, 6.07) is 6.15. The van der Waals surface area contributed by atoms with Crippen LogP contribution in [0.4, 0.5) is 0 Å². The summed E-state index contributed by atoms with van der Waals surface area (Å²) in [5, 5.41) is 9.23. The van der Waals surface area contributed by atoms with Gasteiger partial charge in [-0.2, -0.15) is 0 Å². The summed E-state index contributed by atoms with van der Waals surface area (Å²) in [6.45, 7) is 9.52. The molecule has 1 aromatic carbocycles. The highest BCUT2D eigenvalue weighted by atomic mass is 16.5. The summed E-state index contributed by atoms with van der Waals surface area (Å²) in [4.78, 5) is 11.2. The quantitative estimate of drug-likeness (QED) is 0.462. The number of hydrogen-bond acceptors (Lipinski definition) is 3. The molecule has 32 heavy (non-hydrogen) atoms. The molecule has 4 nitrogen and oxygen atoms in total. The average molecular weight is 443 g/mol. The van der Waals surface area contributed by atoms with Crippen LogP contribution in [0.1, 0.15) is 84.6 Å². The zero-order valence-electron chi connectivity index (χ0n) is 20.9. The Bertz CT molecular complexity index is 840. The highest BCUT2D eigenvalue weighted by molar-refractivity contribution is 5.66. The SMILES string of the molecule is COc1ccc(/C=C2\CC[C@H]3C(C)(C)CCC[C@]3(C)[C@H]2CCC(C)CC(=O)O)cc1OC. The van der Waals surface area contributed by atoms with Crippen molar-refractivity contribution < 1.29 is 19.4 Å². The largest absolute Gasteiger partial charge is 0.493 e. The van der Waals surface area contributed by atoms with Crippen molar-refractivity contribution in [2.45, 2.75) is 79.1 Å². The van der Waals surface area contributed by atoms with Crippen molar-refractivity contribution >= 4 is 12.0 Å². The van der Waals surface area contributed by atoms with E-state index in [9.17, 15) is 9.90 Å². The summed E-state index contributed by atoms with van der Waals surface area (Å²) in [6.07, 6.45) is 10.9. The Hall–Kier alpha value is -1.97. The molecule has 0 radical (unpaired) electrons. The fourth-order valence-electron chi connectivity index (χ4n) is 6.91. The maximum Gasteiger partial charge on any atom is 0.303 e. The van der Waals surface area contributed by atoms with Gasteiger partial charge in [-0.05, 0) is 84.8 Å². The molecule has 0 amide bonds. The third kappa shape index (κ3) is 5.15. The van der Waals surface area contributed by atoms with Crippen molar-refractivity contribution in [1.29, 1.82) is 0 Å². The Morgan fingerprint density at radius 2 is 1.91 bits per heavy atom. The van der Waals surface area contributed by atoms with Crippen molar-refractivity contribution in [1.82, 2.24) is 0 Å². The molecule has 2 aliphatic carbocycles. The van der Waals surface area contributed by atoms with Gasteiger partial charge in [-0.1, -0.05) is 51.8 Å². The number of methoxy groups -OCH3 is 2. The predicted molar refractivity (Wildman–Crippen MR) is 130 cm³/mol. The maximum absolute atomic E-state index is 11.2. The minimum atomic E-state index is -0.690. The molecular weight excluding hydrogens is 400 g/mol.